The van der Waals surface area contributed by atoms with Gasteiger partial charge in [0.25, 0.3) is 0 Å². The van der Waals surface area contributed by atoms with Crippen LogP contribution in [0.25, 0.3) is 6.08 Å². The number of sulfone groups is 1. The summed E-state index contributed by atoms with van der Waals surface area (Å²) in [6, 6.07) is 10.9. The molecule has 0 bridgehead atoms. The number of halogens is 1. The Morgan fingerprint density at radius 3 is 2.35 bits per heavy atom. The van der Waals surface area contributed by atoms with Gasteiger partial charge in [0.2, 0.25) is 9.84 Å². The molecule has 0 aromatic heterocycles. The average Bonchev–Trinajstić information content (AvgIpc) is 2.89. The molecule has 8 heteroatoms. The van der Waals surface area contributed by atoms with Gasteiger partial charge in [0.05, 0.1) is 9.80 Å². The van der Waals surface area contributed by atoms with Crippen molar-refractivity contribution < 1.29 is 27.1 Å². The molecule has 26 heavy (non-hydrogen) atoms. The fraction of sp³-hybridized carbons (Fsp3) is 0.111. The molecule has 1 N–H and O–H groups in total. The van der Waals surface area contributed by atoms with Gasteiger partial charge >= 0.3 is 12.1 Å². The molecule has 0 radical (unpaired) electrons. The minimum atomic E-state index is -3.72. The second kappa shape index (κ2) is 7.09. The van der Waals surface area contributed by atoms with Crippen LogP contribution in [0.5, 0.6) is 0 Å². The summed E-state index contributed by atoms with van der Waals surface area (Å²) in [5.41, 5.74) is 0.754. The van der Waals surface area contributed by atoms with E-state index in [1.54, 1.807) is 36.4 Å². The summed E-state index contributed by atoms with van der Waals surface area (Å²) in [5.74, 6) is 0. The number of fused-ring (bicyclic) bond motifs is 1. The van der Waals surface area contributed by atoms with Gasteiger partial charge in [-0.2, -0.15) is 4.39 Å². The van der Waals surface area contributed by atoms with Gasteiger partial charge in [0.15, 0.2) is 0 Å². The molecule has 3 rings (SSSR count). The summed E-state index contributed by atoms with van der Waals surface area (Å²) in [5, 5.41) is 2.10. The first kappa shape index (κ1) is 17.8. The molecule has 1 atom stereocenters. The van der Waals surface area contributed by atoms with E-state index < -0.39 is 34.6 Å². The van der Waals surface area contributed by atoms with Crippen molar-refractivity contribution in [1.29, 1.82) is 0 Å². The zero-order valence-corrected chi connectivity index (χ0v) is 14.2. The van der Waals surface area contributed by atoms with Crippen LogP contribution in [0.3, 0.4) is 0 Å². The highest BCUT2D eigenvalue weighted by atomic mass is 32.2. The molecule has 0 unspecified atom stereocenters. The highest BCUT2D eigenvalue weighted by Crippen LogP contribution is 2.32. The molecule has 0 saturated heterocycles. The third-order valence-electron chi connectivity index (χ3n) is 3.84. The maximum Gasteiger partial charge on any atom is 0.408 e. The molecule has 0 saturated carbocycles. The molecule has 2 aromatic carbocycles. The van der Waals surface area contributed by atoms with Gasteiger partial charge in [-0.1, -0.05) is 48.5 Å². The van der Waals surface area contributed by atoms with E-state index in [0.29, 0.717) is 5.56 Å². The Bertz CT molecular complexity index is 986. The number of rotatable bonds is 5. The molecule has 1 aliphatic heterocycles. The van der Waals surface area contributed by atoms with E-state index >= 15 is 0 Å². The predicted molar refractivity (Wildman–Crippen MR) is 91.4 cm³/mol. The first-order valence-electron chi connectivity index (χ1n) is 7.62. The molecule has 6 nitrogen and oxygen atoms in total. The number of carbonyl (C=O) groups excluding carboxylic acids is 2. The Hall–Kier alpha value is -3.00. The van der Waals surface area contributed by atoms with Crippen molar-refractivity contribution in [1.82, 2.24) is 5.32 Å². The van der Waals surface area contributed by atoms with Crippen LogP contribution in [0, 0.1) is 0 Å². The normalized spacial score (nSPS) is 15.5. The quantitative estimate of drug-likeness (QED) is 0.812. The number of alkyl carbamates (subject to hydrolysis) is 1. The van der Waals surface area contributed by atoms with Gasteiger partial charge in [-0.3, -0.25) is 4.79 Å². The van der Waals surface area contributed by atoms with Gasteiger partial charge in [-0.25, -0.2) is 13.2 Å². The molecule has 2 aromatic rings. The van der Waals surface area contributed by atoms with Crippen molar-refractivity contribution in [3.05, 3.63) is 70.6 Å². The SMILES string of the molecule is O=C(N[C@@H](C(=O)F)c1ccccc1)OCC1=Cc2ccccc2S1(=O)=O. The van der Waals surface area contributed by atoms with Crippen LogP contribution in [-0.4, -0.2) is 27.2 Å². The largest absolute Gasteiger partial charge is 0.444 e. The summed E-state index contributed by atoms with van der Waals surface area (Å²) < 4.78 is 42.8. The second-order valence-corrected chi connectivity index (χ2v) is 7.49. The van der Waals surface area contributed by atoms with Crippen LogP contribution in [0.4, 0.5) is 9.18 Å². The average molecular weight is 375 g/mol. The maximum absolute atomic E-state index is 13.2. The zero-order chi connectivity index (χ0) is 18.7. The van der Waals surface area contributed by atoms with Crippen LogP contribution in [-0.2, 0) is 19.4 Å². The standard InChI is InChI=1S/C18H14FNO5S/c19-17(21)16(12-6-2-1-3-7-12)20-18(22)25-11-14-10-13-8-4-5-9-15(13)26(14,23)24/h1-10,16H,11H2,(H,20,22)/t16-/m1/s1. The highest BCUT2D eigenvalue weighted by molar-refractivity contribution is 7.95. The minimum absolute atomic E-state index is 0.0864. The van der Waals surface area contributed by atoms with Crippen molar-refractivity contribution in [2.24, 2.45) is 0 Å². The number of carbonyl (C=O) groups is 2. The molecule has 1 amide bonds. The Morgan fingerprint density at radius 1 is 1.04 bits per heavy atom. The number of benzene rings is 2. The molecule has 1 heterocycles. The van der Waals surface area contributed by atoms with Crippen molar-refractivity contribution in [3.63, 3.8) is 0 Å². The van der Waals surface area contributed by atoms with Crippen LogP contribution in [0.2, 0.25) is 0 Å². The Labute approximate surface area is 149 Å². The lowest BCUT2D eigenvalue weighted by molar-refractivity contribution is -0.131. The van der Waals surface area contributed by atoms with Crippen LogP contribution in [0.15, 0.2) is 64.4 Å². The Balaban J connectivity index is 1.67. The first-order chi connectivity index (χ1) is 12.4. The summed E-state index contributed by atoms with van der Waals surface area (Å²) in [6.45, 7) is -0.523. The van der Waals surface area contributed by atoms with E-state index in [1.807, 2.05) is 0 Å². The monoisotopic (exact) mass is 375 g/mol. The van der Waals surface area contributed by atoms with Crippen LogP contribution >= 0.6 is 0 Å². The summed E-state index contributed by atoms with van der Waals surface area (Å²) in [6.07, 6.45) is 0.310. The van der Waals surface area contributed by atoms with Gasteiger partial charge in [0.1, 0.15) is 12.6 Å². The number of hydrogen-bond donors (Lipinski definition) is 1. The van der Waals surface area contributed by atoms with Gasteiger partial charge in [0, 0.05) is 0 Å². The fourth-order valence-electron chi connectivity index (χ4n) is 2.57. The molecule has 0 aliphatic carbocycles. The lowest BCUT2D eigenvalue weighted by Gasteiger charge is -2.14. The van der Waals surface area contributed by atoms with Crippen molar-refractivity contribution >= 4 is 28.0 Å². The van der Waals surface area contributed by atoms with E-state index in [2.05, 4.69) is 5.32 Å². The lowest BCUT2D eigenvalue weighted by Crippen LogP contribution is -2.33. The van der Waals surface area contributed by atoms with E-state index in [9.17, 15) is 22.4 Å². The third-order valence-corrected chi connectivity index (χ3v) is 5.71. The molecular formula is C18H14FNO5S. The van der Waals surface area contributed by atoms with Gasteiger partial charge < -0.3 is 10.1 Å². The zero-order valence-electron chi connectivity index (χ0n) is 13.4. The minimum Gasteiger partial charge on any atom is -0.444 e. The number of ether oxygens (including phenoxy) is 1. The smallest absolute Gasteiger partial charge is 0.408 e. The summed E-state index contributed by atoms with van der Waals surface area (Å²) in [7, 11) is -3.72. The molecule has 134 valence electrons. The van der Waals surface area contributed by atoms with Crippen molar-refractivity contribution in [2.75, 3.05) is 6.61 Å². The van der Waals surface area contributed by atoms with Crippen molar-refractivity contribution in [3.8, 4) is 0 Å². The predicted octanol–water partition coefficient (Wildman–Crippen LogP) is 2.78. The van der Waals surface area contributed by atoms with Gasteiger partial charge in [-0.05, 0) is 23.3 Å². The summed E-state index contributed by atoms with van der Waals surface area (Å²) >= 11 is 0. The van der Waals surface area contributed by atoms with Crippen LogP contribution < -0.4 is 5.32 Å². The highest BCUT2D eigenvalue weighted by Gasteiger charge is 2.30. The number of hydrogen-bond acceptors (Lipinski definition) is 5. The molecule has 1 aliphatic rings. The van der Waals surface area contributed by atoms with E-state index in [4.69, 9.17) is 4.74 Å². The maximum atomic E-state index is 13.2. The number of amides is 1. The number of nitrogens with one attached hydrogen (secondary N) is 1. The lowest BCUT2D eigenvalue weighted by atomic mass is 10.1. The van der Waals surface area contributed by atoms with E-state index in [-0.39, 0.29) is 15.4 Å². The molecular weight excluding hydrogens is 361 g/mol. The third kappa shape index (κ3) is 3.50. The first-order valence-corrected chi connectivity index (χ1v) is 9.10. The summed E-state index contributed by atoms with van der Waals surface area (Å²) in [4.78, 5) is 23.1. The Kier molecular flexibility index (Phi) is 4.85. The molecule has 0 fully saturated rings. The van der Waals surface area contributed by atoms with Crippen molar-refractivity contribution in [2.45, 2.75) is 10.9 Å². The van der Waals surface area contributed by atoms with Crippen LogP contribution in [0.1, 0.15) is 17.2 Å². The second-order valence-electron chi connectivity index (χ2n) is 5.52. The van der Waals surface area contributed by atoms with Gasteiger partial charge in [-0.15, -0.1) is 0 Å². The Morgan fingerprint density at radius 2 is 1.69 bits per heavy atom. The van der Waals surface area contributed by atoms with E-state index in [0.717, 1.165) is 0 Å². The van der Waals surface area contributed by atoms with E-state index in [1.165, 1.54) is 24.3 Å². The molecule has 0 spiro atoms. The topological polar surface area (TPSA) is 89.5 Å². The fourth-order valence-corrected chi connectivity index (χ4v) is 4.04.